The number of nitrogens with zero attached hydrogens (tertiary/aromatic N) is 3. The molecule has 0 unspecified atom stereocenters. The van der Waals surface area contributed by atoms with Crippen molar-refractivity contribution in [1.29, 1.82) is 0 Å². The number of rotatable bonds is 5. The summed E-state index contributed by atoms with van der Waals surface area (Å²) in [6.45, 7) is 1.04. The normalized spacial score (nSPS) is 10.8. The van der Waals surface area contributed by atoms with Gasteiger partial charge in [-0.3, -0.25) is 4.68 Å². The number of hydrogen-bond donors (Lipinski definition) is 0. The molecule has 0 spiro atoms. The molecule has 0 aliphatic rings. The van der Waals surface area contributed by atoms with Crippen molar-refractivity contribution in [1.82, 2.24) is 14.8 Å². The lowest BCUT2D eigenvalue weighted by Crippen LogP contribution is -2.10. The van der Waals surface area contributed by atoms with Crippen molar-refractivity contribution < 1.29 is 9.53 Å². The molecule has 1 aromatic carbocycles. The summed E-state index contributed by atoms with van der Waals surface area (Å²) in [5.74, 6) is -0.428. The van der Waals surface area contributed by atoms with Crippen molar-refractivity contribution >= 4 is 28.5 Å². The molecular weight excluding hydrogens is 302 g/mol. The van der Waals surface area contributed by atoms with Gasteiger partial charge < -0.3 is 4.74 Å². The Morgan fingerprint density at radius 1 is 1.27 bits per heavy atom. The fourth-order valence-corrected chi connectivity index (χ4v) is 2.27. The van der Waals surface area contributed by atoms with Gasteiger partial charge in [-0.15, -0.1) is 0 Å². The van der Waals surface area contributed by atoms with Crippen molar-refractivity contribution in [2.45, 2.75) is 13.0 Å². The summed E-state index contributed by atoms with van der Waals surface area (Å²) in [5, 5.41) is 5.60. The minimum Gasteiger partial charge on any atom is -0.461 e. The zero-order valence-electron chi connectivity index (χ0n) is 11.8. The second-order valence-corrected chi connectivity index (χ2v) is 5.23. The van der Waals surface area contributed by atoms with Gasteiger partial charge in [0.15, 0.2) is 0 Å². The van der Waals surface area contributed by atoms with Crippen molar-refractivity contribution in [3.8, 4) is 0 Å². The quantitative estimate of drug-likeness (QED) is 0.535. The third kappa shape index (κ3) is 3.43. The zero-order valence-corrected chi connectivity index (χ0v) is 12.5. The Hall–Kier alpha value is -2.40. The van der Waals surface area contributed by atoms with Crippen LogP contribution >= 0.6 is 11.6 Å². The SMILES string of the molecule is O=C(OCCCn1cccn1)c1ccc2ccc(Cl)cc2n1. The molecular formula is C16H14ClN3O2. The lowest BCUT2D eigenvalue weighted by Gasteiger charge is -2.06. The number of esters is 1. The van der Waals surface area contributed by atoms with Crippen molar-refractivity contribution in [2.24, 2.45) is 0 Å². The van der Waals surface area contributed by atoms with Crippen LogP contribution in [0.2, 0.25) is 5.02 Å². The van der Waals surface area contributed by atoms with E-state index in [-0.39, 0.29) is 5.69 Å². The average Bonchev–Trinajstić information content (AvgIpc) is 3.04. The van der Waals surface area contributed by atoms with Gasteiger partial charge in [0.2, 0.25) is 0 Å². The van der Waals surface area contributed by atoms with E-state index in [0.717, 1.165) is 5.39 Å². The number of hydrogen-bond acceptors (Lipinski definition) is 4. The summed E-state index contributed by atoms with van der Waals surface area (Å²) >= 11 is 5.94. The van der Waals surface area contributed by atoms with E-state index in [9.17, 15) is 4.79 Å². The highest BCUT2D eigenvalue weighted by atomic mass is 35.5. The van der Waals surface area contributed by atoms with E-state index < -0.39 is 5.97 Å². The summed E-state index contributed by atoms with van der Waals surface area (Å²) in [6.07, 6.45) is 4.29. The summed E-state index contributed by atoms with van der Waals surface area (Å²) in [5.41, 5.74) is 0.965. The first kappa shape index (κ1) is 14.5. The maximum atomic E-state index is 12.0. The lowest BCUT2D eigenvalue weighted by atomic mass is 10.2. The van der Waals surface area contributed by atoms with Crippen LogP contribution in [0.4, 0.5) is 0 Å². The summed E-state index contributed by atoms with van der Waals surface area (Å²) < 4.78 is 7.03. The first-order valence-corrected chi connectivity index (χ1v) is 7.31. The highest BCUT2D eigenvalue weighted by Crippen LogP contribution is 2.18. The number of aryl methyl sites for hydroxylation is 1. The average molecular weight is 316 g/mol. The Morgan fingerprint density at radius 2 is 2.14 bits per heavy atom. The number of benzene rings is 1. The molecule has 0 N–H and O–H groups in total. The van der Waals surface area contributed by atoms with E-state index >= 15 is 0 Å². The van der Waals surface area contributed by atoms with Crippen LogP contribution in [0, 0.1) is 0 Å². The maximum absolute atomic E-state index is 12.0. The molecule has 5 nitrogen and oxygen atoms in total. The van der Waals surface area contributed by atoms with Gasteiger partial charge in [0, 0.05) is 35.8 Å². The monoisotopic (exact) mass is 315 g/mol. The molecule has 6 heteroatoms. The van der Waals surface area contributed by atoms with E-state index in [2.05, 4.69) is 10.1 Å². The van der Waals surface area contributed by atoms with Gasteiger partial charge in [0.25, 0.3) is 0 Å². The van der Waals surface area contributed by atoms with E-state index in [1.54, 1.807) is 29.1 Å². The standard InChI is InChI=1S/C16H14ClN3O2/c17-13-5-3-12-4-6-14(19-15(12)11-13)16(21)22-10-2-9-20-8-1-7-18-20/h1,3-8,11H,2,9-10H2. The number of halogens is 1. The molecule has 0 bridgehead atoms. The minimum atomic E-state index is -0.428. The predicted octanol–water partition coefficient (Wildman–Crippen LogP) is 3.33. The lowest BCUT2D eigenvalue weighted by molar-refractivity contribution is 0.0488. The first-order chi connectivity index (χ1) is 10.7. The second-order valence-electron chi connectivity index (χ2n) is 4.79. The van der Waals surface area contributed by atoms with Crippen LogP contribution in [0.15, 0.2) is 48.8 Å². The van der Waals surface area contributed by atoms with Gasteiger partial charge in [-0.05, 0) is 24.3 Å². The summed E-state index contributed by atoms with van der Waals surface area (Å²) in [7, 11) is 0. The molecule has 3 rings (SSSR count). The molecule has 0 saturated heterocycles. The molecule has 0 radical (unpaired) electrons. The van der Waals surface area contributed by atoms with Crippen LogP contribution in [-0.2, 0) is 11.3 Å². The number of aromatic nitrogens is 3. The molecule has 0 saturated carbocycles. The highest BCUT2D eigenvalue weighted by Gasteiger charge is 2.09. The highest BCUT2D eigenvalue weighted by molar-refractivity contribution is 6.31. The fourth-order valence-electron chi connectivity index (χ4n) is 2.10. The van der Waals surface area contributed by atoms with Crippen LogP contribution in [-0.4, -0.2) is 27.3 Å². The van der Waals surface area contributed by atoms with E-state index in [4.69, 9.17) is 16.3 Å². The van der Waals surface area contributed by atoms with Gasteiger partial charge in [-0.1, -0.05) is 23.7 Å². The van der Waals surface area contributed by atoms with Crippen LogP contribution < -0.4 is 0 Å². The van der Waals surface area contributed by atoms with E-state index in [1.165, 1.54) is 0 Å². The van der Waals surface area contributed by atoms with Crippen molar-refractivity contribution in [3.05, 3.63) is 59.5 Å². The fraction of sp³-hybridized carbons (Fsp3) is 0.188. The second kappa shape index (κ2) is 6.58. The molecule has 112 valence electrons. The number of carbonyl (C=O) groups excluding carboxylic acids is 1. The molecule has 0 amide bonds. The molecule has 3 aromatic rings. The Kier molecular flexibility index (Phi) is 4.34. The molecule has 22 heavy (non-hydrogen) atoms. The molecule has 2 heterocycles. The van der Waals surface area contributed by atoms with Crippen molar-refractivity contribution in [3.63, 3.8) is 0 Å². The van der Waals surface area contributed by atoms with Crippen LogP contribution in [0.3, 0.4) is 0 Å². The van der Waals surface area contributed by atoms with Crippen LogP contribution in [0.1, 0.15) is 16.9 Å². The smallest absolute Gasteiger partial charge is 0.356 e. The molecule has 2 aromatic heterocycles. The van der Waals surface area contributed by atoms with Gasteiger partial charge in [0.05, 0.1) is 12.1 Å². The molecule has 0 fully saturated rings. The Bertz CT molecular complexity index is 787. The number of fused-ring (bicyclic) bond motifs is 1. The third-order valence-corrected chi connectivity index (χ3v) is 3.42. The topological polar surface area (TPSA) is 57.0 Å². The maximum Gasteiger partial charge on any atom is 0.356 e. The molecule has 0 aliphatic carbocycles. The Labute approximate surface area is 132 Å². The first-order valence-electron chi connectivity index (χ1n) is 6.93. The van der Waals surface area contributed by atoms with Crippen LogP contribution in [0.5, 0.6) is 0 Å². The third-order valence-electron chi connectivity index (χ3n) is 3.19. The van der Waals surface area contributed by atoms with E-state index in [0.29, 0.717) is 30.1 Å². The number of carbonyl (C=O) groups is 1. The van der Waals surface area contributed by atoms with Gasteiger partial charge in [-0.2, -0.15) is 5.10 Å². The largest absolute Gasteiger partial charge is 0.461 e. The minimum absolute atomic E-state index is 0.286. The Balaban J connectivity index is 1.59. The zero-order chi connectivity index (χ0) is 15.4. The summed E-state index contributed by atoms with van der Waals surface area (Å²) in [4.78, 5) is 16.3. The van der Waals surface area contributed by atoms with Gasteiger partial charge >= 0.3 is 5.97 Å². The molecule has 0 aliphatic heterocycles. The summed E-state index contributed by atoms with van der Waals surface area (Å²) in [6, 6.07) is 10.7. The van der Waals surface area contributed by atoms with E-state index in [1.807, 2.05) is 24.4 Å². The van der Waals surface area contributed by atoms with Gasteiger partial charge in [0.1, 0.15) is 5.69 Å². The number of ether oxygens (including phenoxy) is 1. The van der Waals surface area contributed by atoms with Crippen LogP contribution in [0.25, 0.3) is 10.9 Å². The molecule has 0 atom stereocenters. The van der Waals surface area contributed by atoms with Gasteiger partial charge in [-0.25, -0.2) is 9.78 Å². The number of pyridine rings is 1. The van der Waals surface area contributed by atoms with Crippen molar-refractivity contribution in [2.75, 3.05) is 6.61 Å². The predicted molar refractivity (Wildman–Crippen MR) is 83.9 cm³/mol. The Morgan fingerprint density at radius 3 is 2.95 bits per heavy atom.